The van der Waals surface area contributed by atoms with Crippen molar-refractivity contribution in [3.63, 3.8) is 0 Å². The Morgan fingerprint density at radius 2 is 0.955 bits per heavy atom. The third-order valence-corrected chi connectivity index (χ3v) is 4.86. The molecule has 6 heteroatoms. The number of benzene rings is 2. The summed E-state index contributed by atoms with van der Waals surface area (Å²) in [4.78, 5) is 4.53. The monoisotopic (exact) mass is 374 g/mol. The molecule has 0 atom stereocenters. The zero-order valence-corrected chi connectivity index (χ0v) is 14.7. The van der Waals surface area contributed by atoms with Crippen molar-refractivity contribution in [3.8, 4) is 0 Å². The lowest BCUT2D eigenvalue weighted by Crippen LogP contribution is -2.46. The van der Waals surface area contributed by atoms with Crippen molar-refractivity contribution in [2.75, 3.05) is 36.0 Å². The average Bonchev–Trinajstić information content (AvgIpc) is 2.48. The van der Waals surface area contributed by atoms with Gasteiger partial charge in [0.05, 0.1) is 21.4 Å². The summed E-state index contributed by atoms with van der Waals surface area (Å²) in [5.41, 5.74) is 2.04. The van der Waals surface area contributed by atoms with Gasteiger partial charge in [0.15, 0.2) is 0 Å². The Kier molecular flexibility index (Phi) is 4.94. The molecule has 2 aromatic carbocycles. The van der Waals surface area contributed by atoms with E-state index in [1.54, 1.807) is 12.1 Å². The van der Waals surface area contributed by atoms with Gasteiger partial charge < -0.3 is 9.80 Å². The molecule has 22 heavy (non-hydrogen) atoms. The number of nitrogens with zero attached hydrogens (tertiary/aromatic N) is 2. The first-order valence-corrected chi connectivity index (χ1v) is 8.46. The second-order valence-corrected chi connectivity index (χ2v) is 6.85. The highest BCUT2D eigenvalue weighted by atomic mass is 35.5. The summed E-state index contributed by atoms with van der Waals surface area (Å²) >= 11 is 24.5. The Balaban J connectivity index is 1.72. The van der Waals surface area contributed by atoms with E-state index in [1.165, 1.54) is 0 Å². The summed E-state index contributed by atoms with van der Waals surface area (Å²) < 4.78 is 0. The molecule has 1 fully saturated rings. The molecule has 1 saturated heterocycles. The van der Waals surface area contributed by atoms with Crippen LogP contribution in [0.4, 0.5) is 11.4 Å². The van der Waals surface area contributed by atoms with Crippen LogP contribution >= 0.6 is 46.4 Å². The zero-order chi connectivity index (χ0) is 15.7. The van der Waals surface area contributed by atoms with Crippen molar-refractivity contribution < 1.29 is 0 Å². The molecule has 0 bridgehead atoms. The van der Waals surface area contributed by atoms with E-state index in [1.807, 2.05) is 24.3 Å². The molecule has 0 aliphatic carbocycles. The van der Waals surface area contributed by atoms with Crippen LogP contribution in [0.2, 0.25) is 20.1 Å². The Bertz CT molecular complexity index is 622. The van der Waals surface area contributed by atoms with Gasteiger partial charge in [0, 0.05) is 36.2 Å². The minimum atomic E-state index is 0.653. The molecule has 0 unspecified atom stereocenters. The Morgan fingerprint density at radius 3 is 1.27 bits per heavy atom. The van der Waals surface area contributed by atoms with Crippen LogP contribution in [0.15, 0.2) is 36.4 Å². The van der Waals surface area contributed by atoms with Gasteiger partial charge in [-0.3, -0.25) is 0 Å². The molecule has 3 rings (SSSR count). The van der Waals surface area contributed by atoms with E-state index in [4.69, 9.17) is 46.4 Å². The highest BCUT2D eigenvalue weighted by molar-refractivity contribution is 6.37. The van der Waals surface area contributed by atoms with E-state index >= 15 is 0 Å². The smallest absolute Gasteiger partial charge is 0.0654 e. The third kappa shape index (κ3) is 3.41. The molecule has 2 nitrogen and oxygen atoms in total. The predicted octanol–water partition coefficient (Wildman–Crippen LogP) is 5.63. The minimum absolute atomic E-state index is 0.653. The molecule has 0 aromatic heterocycles. The van der Waals surface area contributed by atoms with Gasteiger partial charge in [-0.2, -0.15) is 0 Å². The van der Waals surface area contributed by atoms with Gasteiger partial charge in [-0.05, 0) is 36.4 Å². The van der Waals surface area contributed by atoms with Crippen molar-refractivity contribution in [2.45, 2.75) is 0 Å². The molecule has 1 heterocycles. The van der Waals surface area contributed by atoms with Crippen LogP contribution in [0.5, 0.6) is 0 Å². The van der Waals surface area contributed by atoms with Gasteiger partial charge in [0.1, 0.15) is 0 Å². The number of hydrogen-bond acceptors (Lipinski definition) is 2. The maximum absolute atomic E-state index is 6.28. The van der Waals surface area contributed by atoms with Gasteiger partial charge in [0.2, 0.25) is 0 Å². The van der Waals surface area contributed by atoms with Crippen molar-refractivity contribution in [1.29, 1.82) is 0 Å². The summed E-state index contributed by atoms with van der Waals surface area (Å²) in [5, 5.41) is 2.68. The second kappa shape index (κ2) is 6.76. The lowest BCUT2D eigenvalue weighted by Gasteiger charge is -2.38. The van der Waals surface area contributed by atoms with E-state index in [0.29, 0.717) is 20.1 Å². The molecule has 0 amide bonds. The van der Waals surface area contributed by atoms with Gasteiger partial charge >= 0.3 is 0 Å². The van der Waals surface area contributed by atoms with Crippen LogP contribution in [0, 0.1) is 0 Å². The van der Waals surface area contributed by atoms with Crippen molar-refractivity contribution in [2.24, 2.45) is 0 Å². The first-order chi connectivity index (χ1) is 10.5. The molecular weight excluding hydrogens is 362 g/mol. The molecule has 2 aromatic rings. The standard InChI is InChI=1S/C16H14Cl4N2/c17-11-1-3-15(13(19)9-11)21-5-7-22(8-6-21)16-4-2-12(18)10-14(16)20/h1-4,9-10H,5-8H2. The van der Waals surface area contributed by atoms with Crippen molar-refractivity contribution in [3.05, 3.63) is 56.5 Å². The summed E-state index contributed by atoms with van der Waals surface area (Å²) in [6.07, 6.45) is 0. The summed E-state index contributed by atoms with van der Waals surface area (Å²) in [5.74, 6) is 0. The summed E-state index contributed by atoms with van der Waals surface area (Å²) in [6, 6.07) is 11.2. The summed E-state index contributed by atoms with van der Waals surface area (Å²) in [6.45, 7) is 3.50. The van der Waals surface area contributed by atoms with Gasteiger partial charge in [0.25, 0.3) is 0 Å². The number of piperazine rings is 1. The van der Waals surface area contributed by atoms with Crippen LogP contribution in [0.1, 0.15) is 0 Å². The maximum atomic E-state index is 6.28. The average molecular weight is 376 g/mol. The van der Waals surface area contributed by atoms with Gasteiger partial charge in [-0.25, -0.2) is 0 Å². The third-order valence-electron chi connectivity index (χ3n) is 3.78. The Labute approximate surface area is 150 Å². The van der Waals surface area contributed by atoms with E-state index in [-0.39, 0.29) is 0 Å². The quantitative estimate of drug-likeness (QED) is 0.671. The van der Waals surface area contributed by atoms with Gasteiger partial charge in [-0.1, -0.05) is 46.4 Å². The van der Waals surface area contributed by atoms with Crippen molar-refractivity contribution >= 4 is 57.8 Å². The van der Waals surface area contributed by atoms with Gasteiger partial charge in [-0.15, -0.1) is 0 Å². The fraction of sp³-hybridized carbons (Fsp3) is 0.250. The molecule has 0 saturated carbocycles. The first kappa shape index (κ1) is 16.1. The van der Waals surface area contributed by atoms with Crippen LogP contribution in [0.3, 0.4) is 0 Å². The fourth-order valence-electron chi connectivity index (χ4n) is 2.66. The lowest BCUT2D eigenvalue weighted by molar-refractivity contribution is 0.654. The first-order valence-electron chi connectivity index (χ1n) is 6.94. The SMILES string of the molecule is Clc1ccc(N2CCN(c3ccc(Cl)cc3Cl)CC2)c(Cl)c1. The van der Waals surface area contributed by atoms with E-state index < -0.39 is 0 Å². The van der Waals surface area contributed by atoms with Crippen LogP contribution in [0.25, 0.3) is 0 Å². The molecule has 0 N–H and O–H groups in total. The lowest BCUT2D eigenvalue weighted by atomic mass is 10.2. The zero-order valence-electron chi connectivity index (χ0n) is 11.7. The maximum Gasteiger partial charge on any atom is 0.0654 e. The second-order valence-electron chi connectivity index (χ2n) is 5.17. The van der Waals surface area contributed by atoms with Crippen LogP contribution < -0.4 is 9.80 Å². The van der Waals surface area contributed by atoms with Crippen molar-refractivity contribution in [1.82, 2.24) is 0 Å². The predicted molar refractivity (Wildman–Crippen MR) is 97.4 cm³/mol. The normalized spacial score (nSPS) is 15.3. The molecule has 0 radical (unpaired) electrons. The highest BCUT2D eigenvalue weighted by Crippen LogP contribution is 2.32. The van der Waals surface area contributed by atoms with Crippen LogP contribution in [-0.2, 0) is 0 Å². The number of rotatable bonds is 2. The molecule has 1 aliphatic rings. The van der Waals surface area contributed by atoms with Crippen LogP contribution in [-0.4, -0.2) is 26.2 Å². The topological polar surface area (TPSA) is 6.48 Å². The largest absolute Gasteiger partial charge is 0.367 e. The highest BCUT2D eigenvalue weighted by Gasteiger charge is 2.20. The minimum Gasteiger partial charge on any atom is -0.367 e. The number of anilines is 2. The van der Waals surface area contributed by atoms with E-state index in [9.17, 15) is 0 Å². The summed E-state index contributed by atoms with van der Waals surface area (Å²) in [7, 11) is 0. The Morgan fingerprint density at radius 1 is 0.591 bits per heavy atom. The fourth-order valence-corrected chi connectivity index (χ4v) is 3.72. The number of halogens is 4. The van der Waals surface area contributed by atoms with E-state index in [2.05, 4.69) is 9.80 Å². The van der Waals surface area contributed by atoms with E-state index in [0.717, 1.165) is 37.6 Å². The molecule has 0 spiro atoms. The Hall–Kier alpha value is -0.800. The molecule has 116 valence electrons. The number of hydrogen-bond donors (Lipinski definition) is 0. The molecule has 1 aliphatic heterocycles. The molecular formula is C16H14Cl4N2.